The zero-order valence-corrected chi connectivity index (χ0v) is 11.6. The van der Waals surface area contributed by atoms with Crippen molar-refractivity contribution in [1.82, 2.24) is 15.0 Å². The SMILES string of the molecule is CC(C)Oc1nc(Cl)nc(N(CCO)CC(F)(F)F)n1. The molecule has 6 nitrogen and oxygen atoms in total. The standard InChI is InChI=1S/C10H14ClF3N4O2/c1-6(2)20-9-16-7(11)15-8(17-9)18(3-4-19)5-10(12,13)14/h6,19H,3-5H2,1-2H3. The summed E-state index contributed by atoms with van der Waals surface area (Å²) >= 11 is 5.64. The molecule has 0 amide bonds. The molecule has 0 bridgehead atoms. The lowest BCUT2D eigenvalue weighted by molar-refractivity contribution is -0.120. The summed E-state index contributed by atoms with van der Waals surface area (Å²) in [5.74, 6) is -0.299. The van der Waals surface area contributed by atoms with E-state index in [1.165, 1.54) is 0 Å². The number of nitrogens with zero attached hydrogens (tertiary/aromatic N) is 4. The fourth-order valence-electron chi connectivity index (χ4n) is 1.31. The first-order valence-electron chi connectivity index (χ1n) is 5.72. The van der Waals surface area contributed by atoms with Gasteiger partial charge in [-0.05, 0) is 25.4 Å². The van der Waals surface area contributed by atoms with Gasteiger partial charge in [0.25, 0.3) is 0 Å². The second-order valence-corrected chi connectivity index (χ2v) is 4.45. The van der Waals surface area contributed by atoms with Gasteiger partial charge in [-0.3, -0.25) is 0 Å². The predicted octanol–water partition coefficient (Wildman–Crippen LogP) is 1.67. The summed E-state index contributed by atoms with van der Waals surface area (Å²) in [5, 5.41) is 8.55. The van der Waals surface area contributed by atoms with Crippen LogP contribution in [0.15, 0.2) is 0 Å². The van der Waals surface area contributed by atoms with Crippen molar-refractivity contribution >= 4 is 17.5 Å². The van der Waals surface area contributed by atoms with Crippen LogP contribution in [0.4, 0.5) is 19.1 Å². The molecule has 20 heavy (non-hydrogen) atoms. The third kappa shape index (κ3) is 5.74. The number of halogens is 4. The van der Waals surface area contributed by atoms with Gasteiger partial charge in [-0.15, -0.1) is 0 Å². The smallest absolute Gasteiger partial charge is 0.406 e. The van der Waals surface area contributed by atoms with Gasteiger partial charge in [0.05, 0.1) is 12.7 Å². The number of ether oxygens (including phenoxy) is 1. The molecule has 0 aliphatic heterocycles. The van der Waals surface area contributed by atoms with Crippen molar-refractivity contribution in [1.29, 1.82) is 0 Å². The summed E-state index contributed by atoms with van der Waals surface area (Å²) in [7, 11) is 0. The molecule has 10 heteroatoms. The van der Waals surface area contributed by atoms with Crippen LogP contribution in [-0.4, -0.2) is 52.0 Å². The van der Waals surface area contributed by atoms with Crippen molar-refractivity contribution in [3.63, 3.8) is 0 Å². The quantitative estimate of drug-likeness (QED) is 0.861. The van der Waals surface area contributed by atoms with Gasteiger partial charge in [0.2, 0.25) is 11.2 Å². The van der Waals surface area contributed by atoms with E-state index in [2.05, 4.69) is 15.0 Å². The molecule has 1 rings (SSSR count). The maximum absolute atomic E-state index is 12.5. The zero-order chi connectivity index (χ0) is 15.3. The van der Waals surface area contributed by atoms with E-state index in [4.69, 9.17) is 21.4 Å². The second kappa shape index (κ2) is 6.89. The highest BCUT2D eigenvalue weighted by atomic mass is 35.5. The van der Waals surface area contributed by atoms with Crippen molar-refractivity contribution in [2.24, 2.45) is 0 Å². The molecule has 0 aliphatic rings. The largest absolute Gasteiger partial charge is 0.461 e. The highest BCUT2D eigenvalue weighted by molar-refractivity contribution is 6.28. The Kier molecular flexibility index (Phi) is 5.75. The number of aliphatic hydroxyl groups is 1. The first kappa shape index (κ1) is 16.7. The first-order chi connectivity index (χ1) is 9.21. The van der Waals surface area contributed by atoms with Gasteiger partial charge in [-0.1, -0.05) is 0 Å². The van der Waals surface area contributed by atoms with Crippen LogP contribution >= 0.6 is 11.6 Å². The summed E-state index contributed by atoms with van der Waals surface area (Å²) in [6.07, 6.45) is -4.73. The van der Waals surface area contributed by atoms with E-state index in [0.717, 1.165) is 4.90 Å². The number of rotatable bonds is 6. The molecule has 1 aromatic heterocycles. The molecule has 1 aromatic rings. The Labute approximate surface area is 118 Å². The van der Waals surface area contributed by atoms with E-state index in [-0.39, 0.29) is 29.9 Å². The zero-order valence-electron chi connectivity index (χ0n) is 10.9. The van der Waals surface area contributed by atoms with Gasteiger partial charge in [-0.2, -0.15) is 28.1 Å². The number of aromatic nitrogens is 3. The topological polar surface area (TPSA) is 71.4 Å². The van der Waals surface area contributed by atoms with E-state index in [0.29, 0.717) is 0 Å². The van der Waals surface area contributed by atoms with Crippen LogP contribution in [0.5, 0.6) is 6.01 Å². The maximum atomic E-state index is 12.5. The molecule has 0 radical (unpaired) electrons. The molecule has 1 N–H and O–H groups in total. The molecule has 0 aliphatic carbocycles. The lowest BCUT2D eigenvalue weighted by Gasteiger charge is -2.23. The third-order valence-electron chi connectivity index (χ3n) is 1.94. The fourth-order valence-corrected chi connectivity index (χ4v) is 1.46. The van der Waals surface area contributed by atoms with Gasteiger partial charge < -0.3 is 14.7 Å². The molecular formula is C10H14ClF3N4O2. The van der Waals surface area contributed by atoms with Crippen LogP contribution in [0.1, 0.15) is 13.8 Å². The minimum atomic E-state index is -4.46. The van der Waals surface area contributed by atoms with Crippen molar-refractivity contribution in [3.05, 3.63) is 5.28 Å². The molecule has 0 atom stereocenters. The highest BCUT2D eigenvalue weighted by Gasteiger charge is 2.32. The summed E-state index contributed by atoms with van der Waals surface area (Å²) in [5.41, 5.74) is 0. The molecule has 1 heterocycles. The van der Waals surface area contributed by atoms with Gasteiger partial charge >= 0.3 is 12.2 Å². The van der Waals surface area contributed by atoms with Gasteiger partial charge in [0.15, 0.2) is 0 Å². The molecular weight excluding hydrogens is 301 g/mol. The van der Waals surface area contributed by atoms with Crippen molar-refractivity contribution in [2.75, 3.05) is 24.6 Å². The average molecular weight is 315 g/mol. The molecule has 0 spiro atoms. The Morgan fingerprint density at radius 3 is 2.45 bits per heavy atom. The number of hydrogen-bond acceptors (Lipinski definition) is 6. The van der Waals surface area contributed by atoms with Crippen molar-refractivity contribution in [3.8, 4) is 6.01 Å². The lowest BCUT2D eigenvalue weighted by Crippen LogP contribution is -2.37. The number of anilines is 1. The lowest BCUT2D eigenvalue weighted by atomic mass is 10.5. The van der Waals surface area contributed by atoms with E-state index >= 15 is 0 Å². The molecule has 0 saturated carbocycles. The highest BCUT2D eigenvalue weighted by Crippen LogP contribution is 2.21. The molecule has 0 saturated heterocycles. The summed E-state index contributed by atoms with van der Waals surface area (Å²) < 4.78 is 42.6. The van der Waals surface area contributed by atoms with Crippen molar-refractivity contribution in [2.45, 2.75) is 26.1 Å². The van der Waals surface area contributed by atoms with Crippen LogP contribution in [0.2, 0.25) is 5.28 Å². The number of alkyl halides is 3. The van der Waals surface area contributed by atoms with Crippen LogP contribution < -0.4 is 9.64 Å². The monoisotopic (exact) mass is 314 g/mol. The Hall–Kier alpha value is -1.35. The maximum Gasteiger partial charge on any atom is 0.406 e. The summed E-state index contributed by atoms with van der Waals surface area (Å²) in [4.78, 5) is 11.8. The molecule has 0 aromatic carbocycles. The van der Waals surface area contributed by atoms with E-state index < -0.39 is 19.3 Å². The van der Waals surface area contributed by atoms with Crippen LogP contribution in [-0.2, 0) is 0 Å². The van der Waals surface area contributed by atoms with E-state index in [1.807, 2.05) is 0 Å². The normalized spacial score (nSPS) is 11.8. The minimum Gasteiger partial charge on any atom is -0.461 e. The Morgan fingerprint density at radius 2 is 1.95 bits per heavy atom. The predicted molar refractivity (Wildman–Crippen MR) is 66.0 cm³/mol. The minimum absolute atomic E-state index is 0.167. The third-order valence-corrected chi connectivity index (χ3v) is 2.11. The summed E-state index contributed by atoms with van der Waals surface area (Å²) in [6.45, 7) is 1.33. The Balaban J connectivity index is 3.03. The van der Waals surface area contributed by atoms with E-state index in [9.17, 15) is 13.2 Å². The van der Waals surface area contributed by atoms with Crippen LogP contribution in [0, 0.1) is 0 Å². The van der Waals surface area contributed by atoms with Crippen molar-refractivity contribution < 1.29 is 23.0 Å². The van der Waals surface area contributed by atoms with Crippen LogP contribution in [0.25, 0.3) is 0 Å². The molecule has 0 unspecified atom stereocenters. The van der Waals surface area contributed by atoms with Crippen LogP contribution in [0.3, 0.4) is 0 Å². The molecule has 114 valence electrons. The van der Waals surface area contributed by atoms with E-state index in [1.54, 1.807) is 13.8 Å². The second-order valence-electron chi connectivity index (χ2n) is 4.11. The van der Waals surface area contributed by atoms with Gasteiger partial charge in [0, 0.05) is 6.54 Å². The molecule has 0 fully saturated rings. The number of hydrogen-bond donors (Lipinski definition) is 1. The van der Waals surface area contributed by atoms with Gasteiger partial charge in [-0.25, -0.2) is 0 Å². The first-order valence-corrected chi connectivity index (χ1v) is 6.10. The number of aliphatic hydroxyl groups excluding tert-OH is 1. The fraction of sp³-hybridized carbons (Fsp3) is 0.700. The summed E-state index contributed by atoms with van der Waals surface area (Å²) in [6, 6.07) is -0.167. The van der Waals surface area contributed by atoms with Gasteiger partial charge in [0.1, 0.15) is 6.54 Å². The average Bonchev–Trinajstić information content (AvgIpc) is 2.24. The Morgan fingerprint density at radius 1 is 1.30 bits per heavy atom. The Bertz CT molecular complexity index is 445.